The van der Waals surface area contributed by atoms with Crippen LogP contribution in [0.25, 0.3) is 0 Å². The van der Waals surface area contributed by atoms with Gasteiger partial charge >= 0.3 is 0 Å². The van der Waals surface area contributed by atoms with Crippen molar-refractivity contribution in [2.24, 2.45) is 5.73 Å². The molecular weight excluding hydrogens is 362 g/mol. The summed E-state index contributed by atoms with van der Waals surface area (Å²) in [5.74, 6) is -0.840. The molecule has 29 heavy (non-hydrogen) atoms. The van der Waals surface area contributed by atoms with Gasteiger partial charge < -0.3 is 16.0 Å². The predicted octanol–water partition coefficient (Wildman–Crippen LogP) is 4.16. The zero-order valence-electron chi connectivity index (χ0n) is 16.6. The van der Waals surface area contributed by atoms with Crippen LogP contribution in [0, 0.1) is 0 Å². The highest BCUT2D eigenvalue weighted by Gasteiger charge is 2.35. The lowest BCUT2D eigenvalue weighted by molar-refractivity contribution is -0.123. The van der Waals surface area contributed by atoms with Crippen molar-refractivity contribution in [3.8, 4) is 0 Å². The van der Waals surface area contributed by atoms with E-state index in [0.717, 1.165) is 5.56 Å². The van der Waals surface area contributed by atoms with Crippen molar-refractivity contribution in [1.29, 1.82) is 0 Å². The average Bonchev–Trinajstić information content (AvgIpc) is 2.77. The number of carbonyl (C=O) groups is 2. The Hall–Kier alpha value is -3.60. The normalized spacial score (nSPS) is 12.6. The van der Waals surface area contributed by atoms with E-state index in [0.29, 0.717) is 16.8 Å². The van der Waals surface area contributed by atoms with Crippen LogP contribution in [-0.4, -0.2) is 23.8 Å². The van der Waals surface area contributed by atoms with Crippen LogP contribution in [0.15, 0.2) is 84.9 Å². The second kappa shape index (κ2) is 9.06. The van der Waals surface area contributed by atoms with E-state index in [1.165, 1.54) is 0 Å². The highest BCUT2D eigenvalue weighted by Crippen LogP contribution is 2.33. The van der Waals surface area contributed by atoms with E-state index in [1.807, 2.05) is 79.7 Å². The first-order chi connectivity index (χ1) is 14.0. The summed E-state index contributed by atoms with van der Waals surface area (Å²) in [7, 11) is 1.76. The molecule has 0 aliphatic rings. The summed E-state index contributed by atoms with van der Waals surface area (Å²) in [5.41, 5.74) is 8.60. The highest BCUT2D eigenvalue weighted by atomic mass is 16.2. The lowest BCUT2D eigenvalue weighted by Crippen LogP contribution is -2.43. The Kier molecular flexibility index (Phi) is 6.29. The Morgan fingerprint density at radius 1 is 0.828 bits per heavy atom. The first-order valence-electron chi connectivity index (χ1n) is 9.53. The number of nitrogens with one attached hydrogen (secondary N) is 1. The smallest absolute Gasteiger partial charge is 0.257 e. The molecule has 0 saturated carbocycles. The van der Waals surface area contributed by atoms with E-state index in [9.17, 15) is 9.59 Å². The average molecular weight is 387 g/mol. The van der Waals surface area contributed by atoms with E-state index >= 15 is 0 Å². The maximum Gasteiger partial charge on any atom is 0.257 e. The minimum absolute atomic E-state index is 0.265. The molecule has 0 radical (unpaired) electrons. The fraction of sp³-hybridized carbons (Fsp3) is 0.167. The van der Waals surface area contributed by atoms with Crippen LogP contribution < -0.4 is 11.1 Å². The molecule has 5 nitrogen and oxygen atoms in total. The molecular formula is C24H25N3O2. The van der Waals surface area contributed by atoms with Gasteiger partial charge in [-0.15, -0.1) is 0 Å². The van der Waals surface area contributed by atoms with Gasteiger partial charge in [-0.05, 0) is 30.2 Å². The first kappa shape index (κ1) is 20.1. The number of carbonyl (C=O) groups excluding carboxylic acids is 2. The van der Waals surface area contributed by atoms with Crippen LogP contribution in [0.3, 0.4) is 0 Å². The quantitative estimate of drug-likeness (QED) is 0.639. The van der Waals surface area contributed by atoms with Crippen LogP contribution in [-0.2, 0) is 4.79 Å². The van der Waals surface area contributed by atoms with Crippen molar-refractivity contribution >= 4 is 17.5 Å². The summed E-state index contributed by atoms with van der Waals surface area (Å²) in [6, 6.07) is 24.8. The van der Waals surface area contributed by atoms with E-state index in [2.05, 4.69) is 5.32 Å². The fourth-order valence-corrected chi connectivity index (χ4v) is 3.53. The van der Waals surface area contributed by atoms with Crippen LogP contribution in [0.1, 0.15) is 40.5 Å². The zero-order chi connectivity index (χ0) is 20.8. The molecule has 148 valence electrons. The van der Waals surface area contributed by atoms with Crippen molar-refractivity contribution < 1.29 is 9.59 Å². The van der Waals surface area contributed by atoms with E-state index in [-0.39, 0.29) is 11.9 Å². The second-order valence-corrected chi connectivity index (χ2v) is 6.81. The van der Waals surface area contributed by atoms with E-state index < -0.39 is 11.9 Å². The van der Waals surface area contributed by atoms with Gasteiger partial charge in [0.15, 0.2) is 0 Å². The first-order valence-corrected chi connectivity index (χ1v) is 9.53. The SMILES string of the molecule is CNc1ccccc1C(=O)N([C@H](C)c1ccccc1)[C@@H](C(N)=O)c1ccccc1. The molecule has 2 amide bonds. The Morgan fingerprint density at radius 2 is 1.34 bits per heavy atom. The van der Waals surface area contributed by atoms with Gasteiger partial charge in [-0.2, -0.15) is 0 Å². The predicted molar refractivity (Wildman–Crippen MR) is 115 cm³/mol. The molecule has 0 aliphatic carbocycles. The van der Waals surface area contributed by atoms with Crippen molar-refractivity contribution in [2.45, 2.75) is 19.0 Å². The molecule has 5 heteroatoms. The molecule has 0 spiro atoms. The number of hydrogen-bond acceptors (Lipinski definition) is 3. The van der Waals surface area contributed by atoms with Crippen molar-refractivity contribution in [3.63, 3.8) is 0 Å². The minimum atomic E-state index is -0.899. The molecule has 0 heterocycles. The largest absolute Gasteiger partial charge is 0.387 e. The van der Waals surface area contributed by atoms with Crippen LogP contribution >= 0.6 is 0 Å². The van der Waals surface area contributed by atoms with Crippen molar-refractivity contribution in [3.05, 3.63) is 102 Å². The van der Waals surface area contributed by atoms with Gasteiger partial charge in [-0.3, -0.25) is 9.59 Å². The second-order valence-electron chi connectivity index (χ2n) is 6.81. The summed E-state index contributed by atoms with van der Waals surface area (Å²) in [4.78, 5) is 27.9. The molecule has 3 N–H and O–H groups in total. The molecule has 0 fully saturated rings. The third-order valence-corrected chi connectivity index (χ3v) is 5.02. The topological polar surface area (TPSA) is 75.4 Å². The maximum absolute atomic E-state index is 13.7. The van der Waals surface area contributed by atoms with Crippen molar-refractivity contribution in [2.75, 3.05) is 12.4 Å². The summed E-state index contributed by atoms with van der Waals surface area (Å²) >= 11 is 0. The standard InChI is InChI=1S/C24H25N3O2/c1-17(18-11-5-3-6-12-18)27(22(23(25)28)19-13-7-4-8-14-19)24(29)20-15-9-10-16-21(20)26-2/h3-17,22,26H,1-2H3,(H2,25,28)/t17-,22-/m1/s1. The number of benzene rings is 3. The third-order valence-electron chi connectivity index (χ3n) is 5.02. The van der Waals surface area contributed by atoms with Crippen LogP contribution in [0.4, 0.5) is 5.69 Å². The number of para-hydroxylation sites is 1. The summed E-state index contributed by atoms with van der Waals surface area (Å²) in [6.07, 6.45) is 0. The van der Waals surface area contributed by atoms with Gasteiger partial charge in [0.1, 0.15) is 6.04 Å². The number of primary amides is 1. The lowest BCUT2D eigenvalue weighted by Gasteiger charge is -2.36. The van der Waals surface area contributed by atoms with Gasteiger partial charge in [-0.25, -0.2) is 0 Å². The third kappa shape index (κ3) is 4.29. The number of nitrogens with zero attached hydrogens (tertiary/aromatic N) is 1. The van der Waals surface area contributed by atoms with Gasteiger partial charge in [0.25, 0.3) is 5.91 Å². The Labute approximate surface area is 171 Å². The zero-order valence-corrected chi connectivity index (χ0v) is 16.6. The molecule has 0 bridgehead atoms. The van der Waals surface area contributed by atoms with E-state index in [1.54, 1.807) is 24.1 Å². The van der Waals surface area contributed by atoms with Crippen molar-refractivity contribution in [1.82, 2.24) is 4.90 Å². The summed E-state index contributed by atoms with van der Waals surface area (Å²) in [5, 5.41) is 3.05. The summed E-state index contributed by atoms with van der Waals surface area (Å²) < 4.78 is 0. The Balaban J connectivity index is 2.15. The van der Waals surface area contributed by atoms with Gasteiger partial charge in [0, 0.05) is 12.7 Å². The molecule has 0 saturated heterocycles. The van der Waals surface area contributed by atoms with Gasteiger partial charge in [0.05, 0.1) is 11.6 Å². The molecule has 3 aromatic rings. The minimum Gasteiger partial charge on any atom is -0.387 e. The lowest BCUT2D eigenvalue weighted by atomic mass is 9.97. The summed E-state index contributed by atoms with van der Waals surface area (Å²) in [6.45, 7) is 1.91. The Bertz CT molecular complexity index is 974. The van der Waals surface area contributed by atoms with Gasteiger partial charge in [-0.1, -0.05) is 72.8 Å². The molecule has 0 unspecified atom stereocenters. The molecule has 2 atom stereocenters. The number of amides is 2. The van der Waals surface area contributed by atoms with Gasteiger partial charge in [0.2, 0.25) is 5.91 Å². The maximum atomic E-state index is 13.7. The molecule has 0 aromatic heterocycles. The van der Waals surface area contributed by atoms with E-state index in [4.69, 9.17) is 5.73 Å². The monoisotopic (exact) mass is 387 g/mol. The number of hydrogen-bond donors (Lipinski definition) is 2. The molecule has 3 aromatic carbocycles. The fourth-order valence-electron chi connectivity index (χ4n) is 3.53. The molecule has 3 rings (SSSR count). The number of anilines is 1. The Morgan fingerprint density at radius 3 is 1.90 bits per heavy atom. The highest BCUT2D eigenvalue weighted by molar-refractivity contribution is 6.02. The van der Waals surface area contributed by atoms with Crippen LogP contribution in [0.2, 0.25) is 0 Å². The number of nitrogens with two attached hydrogens (primary N) is 1. The molecule has 0 aliphatic heterocycles. The number of rotatable bonds is 7. The van der Waals surface area contributed by atoms with Crippen LogP contribution in [0.5, 0.6) is 0 Å².